The molecule has 1 aromatic heterocycles. The highest BCUT2D eigenvalue weighted by Crippen LogP contribution is 2.47. The molecule has 160 valence electrons. The average molecular weight is 418 g/mol. The lowest BCUT2D eigenvalue weighted by Gasteiger charge is -2.37. The van der Waals surface area contributed by atoms with Crippen LogP contribution in [0.25, 0.3) is 10.9 Å². The molecule has 1 saturated carbocycles. The monoisotopic (exact) mass is 417 g/mol. The second-order valence-corrected chi connectivity index (χ2v) is 8.84. The van der Waals surface area contributed by atoms with Gasteiger partial charge in [0.25, 0.3) is 5.91 Å². The van der Waals surface area contributed by atoms with Gasteiger partial charge in [-0.25, -0.2) is 0 Å². The van der Waals surface area contributed by atoms with Crippen molar-refractivity contribution in [2.45, 2.75) is 37.8 Å². The van der Waals surface area contributed by atoms with Gasteiger partial charge < -0.3 is 15.0 Å². The summed E-state index contributed by atoms with van der Waals surface area (Å²) in [6.45, 7) is 3.67. The lowest BCUT2D eigenvalue weighted by molar-refractivity contribution is 0.0767. The van der Waals surface area contributed by atoms with E-state index in [-0.39, 0.29) is 11.5 Å². The predicted molar refractivity (Wildman–Crippen MR) is 121 cm³/mol. The van der Waals surface area contributed by atoms with Crippen LogP contribution in [-0.4, -0.2) is 42.0 Å². The van der Waals surface area contributed by atoms with Crippen molar-refractivity contribution in [1.29, 1.82) is 0 Å². The zero-order valence-electron chi connectivity index (χ0n) is 17.9. The molecule has 1 aliphatic heterocycles. The zero-order chi connectivity index (χ0) is 21.6. The molecule has 1 saturated heterocycles. The van der Waals surface area contributed by atoms with E-state index < -0.39 is 5.54 Å². The Kier molecular flexibility index (Phi) is 4.82. The maximum Gasteiger partial charge on any atom is 0.252 e. The number of pyridine rings is 1. The van der Waals surface area contributed by atoms with Gasteiger partial charge in [-0.15, -0.1) is 0 Å². The number of aromatic amines is 1. The van der Waals surface area contributed by atoms with Crippen molar-refractivity contribution in [3.05, 3.63) is 75.6 Å². The summed E-state index contributed by atoms with van der Waals surface area (Å²) in [6.07, 6.45) is 2.77. The number of para-hydroxylation sites is 1. The first-order valence-electron chi connectivity index (χ1n) is 10.8. The number of likely N-dealkylation sites (N-methyl/N-ethyl adjacent to an activating group) is 1. The standard InChI is InChI=1S/C25H27N3O3/c1-16-7-8-18(31-15-17-9-12-28(17)2)13-20(16)24(30)27-25(10-11-25)21-14-23(29)26-22-6-4-3-5-19(21)22/h3-8,13-14,17H,9-12,15H2,1-2H3,(H,26,29)(H,27,30). The van der Waals surface area contributed by atoms with Gasteiger partial charge >= 0.3 is 0 Å². The highest BCUT2D eigenvalue weighted by atomic mass is 16.5. The first-order valence-corrected chi connectivity index (χ1v) is 10.8. The predicted octanol–water partition coefficient (Wildman–Crippen LogP) is 3.34. The Morgan fingerprint density at radius 2 is 2.03 bits per heavy atom. The molecule has 3 aromatic rings. The highest BCUT2D eigenvalue weighted by molar-refractivity contribution is 5.97. The Morgan fingerprint density at radius 3 is 2.74 bits per heavy atom. The largest absolute Gasteiger partial charge is 0.492 e. The summed E-state index contributed by atoms with van der Waals surface area (Å²) < 4.78 is 5.96. The van der Waals surface area contributed by atoms with E-state index in [9.17, 15) is 9.59 Å². The van der Waals surface area contributed by atoms with Crippen molar-refractivity contribution in [3.8, 4) is 5.75 Å². The molecule has 6 heteroatoms. The van der Waals surface area contributed by atoms with E-state index in [1.165, 1.54) is 0 Å². The fourth-order valence-electron chi connectivity index (χ4n) is 4.38. The summed E-state index contributed by atoms with van der Waals surface area (Å²) in [5.74, 6) is 0.577. The van der Waals surface area contributed by atoms with Crippen LogP contribution in [0.3, 0.4) is 0 Å². The topological polar surface area (TPSA) is 74.4 Å². The van der Waals surface area contributed by atoms with Gasteiger partial charge in [0.15, 0.2) is 0 Å². The van der Waals surface area contributed by atoms with Gasteiger partial charge in [-0.05, 0) is 69.1 Å². The van der Waals surface area contributed by atoms with Gasteiger partial charge in [0.1, 0.15) is 12.4 Å². The van der Waals surface area contributed by atoms with E-state index in [2.05, 4.69) is 22.2 Å². The smallest absolute Gasteiger partial charge is 0.252 e. The molecule has 1 amide bonds. The number of nitrogens with one attached hydrogen (secondary N) is 2. The first kappa shape index (κ1) is 19.8. The lowest BCUT2D eigenvalue weighted by Crippen LogP contribution is -2.48. The Labute approximate surface area is 181 Å². The van der Waals surface area contributed by atoms with Crippen molar-refractivity contribution < 1.29 is 9.53 Å². The van der Waals surface area contributed by atoms with Gasteiger partial charge in [0.2, 0.25) is 5.56 Å². The number of rotatable bonds is 6. The van der Waals surface area contributed by atoms with Gasteiger partial charge in [-0.1, -0.05) is 24.3 Å². The Hall–Kier alpha value is -3.12. The third kappa shape index (κ3) is 3.72. The van der Waals surface area contributed by atoms with E-state index in [0.717, 1.165) is 47.8 Å². The molecule has 2 aromatic carbocycles. The number of hydrogen-bond donors (Lipinski definition) is 2. The average Bonchev–Trinajstić information content (AvgIpc) is 3.53. The molecule has 6 nitrogen and oxygen atoms in total. The fraction of sp³-hybridized carbons (Fsp3) is 0.360. The minimum atomic E-state index is -0.497. The maximum atomic E-state index is 13.3. The number of amides is 1. The van der Waals surface area contributed by atoms with E-state index in [0.29, 0.717) is 24.0 Å². The number of likely N-dealkylation sites (tertiary alicyclic amines) is 1. The summed E-state index contributed by atoms with van der Waals surface area (Å²) in [5.41, 5.74) is 2.54. The zero-order valence-corrected chi connectivity index (χ0v) is 17.9. The van der Waals surface area contributed by atoms with Crippen LogP contribution in [0, 0.1) is 6.92 Å². The second-order valence-electron chi connectivity index (χ2n) is 8.84. The number of H-pyrrole nitrogens is 1. The SMILES string of the molecule is Cc1ccc(OCC2CCN2C)cc1C(=O)NC1(c2cc(=O)[nH]c3ccccc23)CC1. The lowest BCUT2D eigenvalue weighted by atomic mass is 9.99. The fourth-order valence-corrected chi connectivity index (χ4v) is 4.38. The molecule has 1 aliphatic carbocycles. The van der Waals surface area contributed by atoms with Crippen molar-refractivity contribution in [1.82, 2.24) is 15.2 Å². The molecule has 0 spiro atoms. The maximum absolute atomic E-state index is 13.3. The number of nitrogens with zero attached hydrogens (tertiary/aromatic N) is 1. The van der Waals surface area contributed by atoms with Crippen LogP contribution in [0.5, 0.6) is 5.75 Å². The van der Waals surface area contributed by atoms with Gasteiger partial charge in [0.05, 0.1) is 5.54 Å². The van der Waals surface area contributed by atoms with Crippen LogP contribution in [0.4, 0.5) is 0 Å². The molecular formula is C25H27N3O3. The molecule has 2 N–H and O–H groups in total. The van der Waals surface area contributed by atoms with E-state index >= 15 is 0 Å². The van der Waals surface area contributed by atoms with Gasteiger partial charge in [-0.2, -0.15) is 0 Å². The highest BCUT2D eigenvalue weighted by Gasteiger charge is 2.47. The molecule has 2 fully saturated rings. The number of aromatic nitrogens is 1. The summed E-state index contributed by atoms with van der Waals surface area (Å²) in [4.78, 5) is 30.6. The Bertz CT molecular complexity index is 1210. The molecular weight excluding hydrogens is 390 g/mol. The number of carbonyl (C=O) groups is 1. The minimum absolute atomic E-state index is 0.134. The van der Waals surface area contributed by atoms with Crippen LogP contribution in [0.2, 0.25) is 0 Å². The van der Waals surface area contributed by atoms with Crippen molar-refractivity contribution in [3.63, 3.8) is 0 Å². The van der Waals surface area contributed by atoms with Crippen molar-refractivity contribution in [2.24, 2.45) is 0 Å². The van der Waals surface area contributed by atoms with E-state index in [1.54, 1.807) is 6.07 Å². The van der Waals surface area contributed by atoms with Crippen LogP contribution in [0.1, 0.15) is 40.7 Å². The molecule has 31 heavy (non-hydrogen) atoms. The third-order valence-electron chi connectivity index (χ3n) is 6.70. The third-order valence-corrected chi connectivity index (χ3v) is 6.70. The van der Waals surface area contributed by atoms with Crippen LogP contribution in [-0.2, 0) is 5.54 Å². The van der Waals surface area contributed by atoms with Crippen LogP contribution < -0.4 is 15.6 Å². The normalized spacial score (nSPS) is 19.6. The summed E-state index contributed by atoms with van der Waals surface area (Å²) in [6, 6.07) is 15.5. The molecule has 1 unspecified atom stereocenters. The van der Waals surface area contributed by atoms with Gasteiger partial charge in [-0.3, -0.25) is 14.5 Å². The number of carbonyl (C=O) groups excluding carboxylic acids is 1. The second kappa shape index (κ2) is 7.54. The van der Waals surface area contributed by atoms with Gasteiger partial charge in [0, 0.05) is 28.6 Å². The van der Waals surface area contributed by atoms with Crippen LogP contribution in [0.15, 0.2) is 53.3 Å². The molecule has 2 aliphatic rings. The number of hydrogen-bond acceptors (Lipinski definition) is 4. The quantitative estimate of drug-likeness (QED) is 0.645. The molecule has 5 rings (SSSR count). The minimum Gasteiger partial charge on any atom is -0.492 e. The molecule has 2 heterocycles. The summed E-state index contributed by atoms with van der Waals surface area (Å²) in [5, 5.41) is 4.20. The van der Waals surface area contributed by atoms with Crippen molar-refractivity contribution in [2.75, 3.05) is 20.2 Å². The van der Waals surface area contributed by atoms with E-state index in [4.69, 9.17) is 4.74 Å². The van der Waals surface area contributed by atoms with Crippen molar-refractivity contribution >= 4 is 16.8 Å². The molecule has 1 atom stereocenters. The number of aryl methyl sites for hydroxylation is 1. The number of benzene rings is 2. The first-order chi connectivity index (χ1) is 14.9. The Morgan fingerprint density at radius 1 is 1.23 bits per heavy atom. The number of ether oxygens (including phenoxy) is 1. The Balaban J connectivity index is 1.39. The number of fused-ring (bicyclic) bond motifs is 1. The summed E-state index contributed by atoms with van der Waals surface area (Å²) in [7, 11) is 2.10. The molecule has 0 bridgehead atoms. The molecule has 0 radical (unpaired) electrons. The summed E-state index contributed by atoms with van der Waals surface area (Å²) >= 11 is 0. The van der Waals surface area contributed by atoms with E-state index in [1.807, 2.05) is 49.4 Å². The van der Waals surface area contributed by atoms with Crippen LogP contribution >= 0.6 is 0 Å².